The highest BCUT2D eigenvalue weighted by molar-refractivity contribution is 5.17. The summed E-state index contributed by atoms with van der Waals surface area (Å²) in [5.41, 5.74) is -0.441. The highest BCUT2D eigenvalue weighted by Gasteiger charge is 2.44. The van der Waals surface area contributed by atoms with Gasteiger partial charge in [0.15, 0.2) is 0 Å². The van der Waals surface area contributed by atoms with E-state index in [1.807, 2.05) is 0 Å². The van der Waals surface area contributed by atoms with Crippen LogP contribution in [0, 0.1) is 11.3 Å². The van der Waals surface area contributed by atoms with Gasteiger partial charge in [0.25, 0.3) is 0 Å². The van der Waals surface area contributed by atoms with E-state index in [4.69, 9.17) is 4.74 Å². The molecule has 0 bridgehead atoms. The molecule has 6 heteroatoms. The molecule has 0 atom stereocenters. The summed E-state index contributed by atoms with van der Waals surface area (Å²) >= 11 is 0. The van der Waals surface area contributed by atoms with Crippen molar-refractivity contribution in [2.75, 3.05) is 19.7 Å². The van der Waals surface area contributed by atoms with Gasteiger partial charge < -0.3 is 10.1 Å². The maximum Gasteiger partial charge on any atom is 0.433 e. The summed E-state index contributed by atoms with van der Waals surface area (Å²) in [4.78, 5) is 3.52. The Hall–Kier alpha value is -1.30. The van der Waals surface area contributed by atoms with Crippen LogP contribution in [0.4, 0.5) is 13.2 Å². The molecule has 2 fully saturated rings. The van der Waals surface area contributed by atoms with Gasteiger partial charge in [-0.1, -0.05) is 6.07 Å². The molecule has 21 heavy (non-hydrogen) atoms. The van der Waals surface area contributed by atoms with Crippen LogP contribution in [0.3, 0.4) is 0 Å². The van der Waals surface area contributed by atoms with E-state index in [0.29, 0.717) is 17.9 Å². The fourth-order valence-electron chi connectivity index (χ4n) is 3.50. The predicted octanol–water partition coefficient (Wildman–Crippen LogP) is 3.26. The van der Waals surface area contributed by atoms with Crippen LogP contribution in [0.25, 0.3) is 0 Å². The van der Waals surface area contributed by atoms with Crippen molar-refractivity contribution in [3.63, 3.8) is 0 Å². The Morgan fingerprint density at radius 2 is 1.95 bits per heavy atom. The van der Waals surface area contributed by atoms with E-state index >= 15 is 0 Å². The minimum atomic E-state index is -4.42. The second-order valence-corrected chi connectivity index (χ2v) is 6.19. The summed E-state index contributed by atoms with van der Waals surface area (Å²) in [7, 11) is 0. The summed E-state index contributed by atoms with van der Waals surface area (Å²) in [6.45, 7) is 2.61. The van der Waals surface area contributed by atoms with Crippen LogP contribution in [0.2, 0.25) is 0 Å². The van der Waals surface area contributed by atoms with Gasteiger partial charge in [-0.15, -0.1) is 0 Å². The van der Waals surface area contributed by atoms with Gasteiger partial charge in [-0.2, -0.15) is 13.2 Å². The number of nitrogens with one attached hydrogen (secondary N) is 1. The number of halogens is 3. The second kappa shape index (κ2) is 5.48. The van der Waals surface area contributed by atoms with Crippen molar-refractivity contribution in [2.24, 2.45) is 11.3 Å². The van der Waals surface area contributed by atoms with Crippen molar-refractivity contribution >= 4 is 0 Å². The largest absolute Gasteiger partial charge is 0.477 e. The second-order valence-electron chi connectivity index (χ2n) is 6.19. The number of rotatable bonds is 3. The van der Waals surface area contributed by atoms with Crippen molar-refractivity contribution in [3.05, 3.63) is 23.9 Å². The summed E-state index contributed by atoms with van der Waals surface area (Å²) < 4.78 is 43.1. The first-order valence-electron chi connectivity index (χ1n) is 7.35. The zero-order valence-electron chi connectivity index (χ0n) is 11.7. The number of pyridine rings is 1. The molecule has 0 aromatic carbocycles. The van der Waals surface area contributed by atoms with E-state index in [-0.39, 0.29) is 5.88 Å². The van der Waals surface area contributed by atoms with Crippen LogP contribution in [0.1, 0.15) is 31.4 Å². The van der Waals surface area contributed by atoms with E-state index in [1.54, 1.807) is 0 Å². The molecule has 0 amide bonds. The maximum atomic E-state index is 12.6. The van der Waals surface area contributed by atoms with Gasteiger partial charge in [-0.25, -0.2) is 4.98 Å². The molecule has 3 nitrogen and oxygen atoms in total. The first kappa shape index (κ1) is 14.6. The zero-order valence-corrected chi connectivity index (χ0v) is 11.7. The molecule has 0 radical (unpaired) electrons. The minimum Gasteiger partial charge on any atom is -0.477 e. The van der Waals surface area contributed by atoms with E-state index in [9.17, 15) is 13.2 Å². The molecular weight excluding hydrogens is 281 g/mol. The van der Waals surface area contributed by atoms with Gasteiger partial charge in [0.05, 0.1) is 6.61 Å². The lowest BCUT2D eigenvalue weighted by atomic mass is 9.58. The van der Waals surface area contributed by atoms with Gasteiger partial charge in [0.1, 0.15) is 5.69 Å². The Kier molecular flexibility index (Phi) is 3.82. The van der Waals surface area contributed by atoms with Gasteiger partial charge in [-0.05, 0) is 56.2 Å². The third-order valence-electron chi connectivity index (χ3n) is 4.59. The normalized spacial score (nSPS) is 22.0. The molecule has 1 aliphatic heterocycles. The Bertz CT molecular complexity index is 490. The van der Waals surface area contributed by atoms with E-state index < -0.39 is 11.9 Å². The zero-order chi connectivity index (χ0) is 14.9. The Labute approximate surface area is 121 Å². The molecule has 116 valence electrons. The van der Waals surface area contributed by atoms with Crippen LogP contribution < -0.4 is 10.1 Å². The van der Waals surface area contributed by atoms with Crippen LogP contribution in [0.5, 0.6) is 5.88 Å². The Balaban J connectivity index is 1.50. The monoisotopic (exact) mass is 300 g/mol. The fourth-order valence-corrected chi connectivity index (χ4v) is 3.50. The number of piperidine rings is 1. The van der Waals surface area contributed by atoms with Gasteiger partial charge in [0, 0.05) is 6.07 Å². The lowest BCUT2D eigenvalue weighted by Crippen LogP contribution is -2.46. The van der Waals surface area contributed by atoms with Crippen LogP contribution in [0.15, 0.2) is 18.2 Å². The minimum absolute atomic E-state index is 0.0658. The molecule has 1 aliphatic carbocycles. The highest BCUT2D eigenvalue weighted by atomic mass is 19.4. The average Bonchev–Trinajstić information content (AvgIpc) is 2.43. The van der Waals surface area contributed by atoms with Crippen molar-refractivity contribution in [1.29, 1.82) is 0 Å². The third kappa shape index (κ3) is 3.31. The molecule has 1 saturated carbocycles. The number of alkyl halides is 3. The van der Waals surface area contributed by atoms with E-state index in [0.717, 1.165) is 32.0 Å². The smallest absolute Gasteiger partial charge is 0.433 e. The van der Waals surface area contributed by atoms with E-state index in [1.165, 1.54) is 25.0 Å². The van der Waals surface area contributed by atoms with Gasteiger partial charge in [-0.3, -0.25) is 0 Å². The number of nitrogens with zero attached hydrogens (tertiary/aromatic N) is 1. The topological polar surface area (TPSA) is 34.1 Å². The molecule has 1 N–H and O–H groups in total. The fraction of sp³-hybridized carbons (Fsp3) is 0.667. The molecule has 3 rings (SSSR count). The van der Waals surface area contributed by atoms with Crippen molar-refractivity contribution in [3.8, 4) is 5.88 Å². The number of ether oxygens (including phenoxy) is 1. The molecule has 1 saturated heterocycles. The lowest BCUT2D eigenvalue weighted by molar-refractivity contribution is -0.141. The molecule has 0 unspecified atom stereocenters. The predicted molar refractivity (Wildman–Crippen MR) is 72.0 cm³/mol. The van der Waals surface area contributed by atoms with Crippen LogP contribution in [-0.2, 0) is 6.18 Å². The first-order chi connectivity index (χ1) is 9.97. The summed E-state index contributed by atoms with van der Waals surface area (Å²) in [5.74, 6) is 0.510. The number of hydrogen-bond donors (Lipinski definition) is 1. The quantitative estimate of drug-likeness (QED) is 0.930. The summed E-state index contributed by atoms with van der Waals surface area (Å²) in [6, 6.07) is 3.77. The third-order valence-corrected chi connectivity index (χ3v) is 4.59. The van der Waals surface area contributed by atoms with Crippen molar-refractivity contribution in [1.82, 2.24) is 10.3 Å². The number of aromatic nitrogens is 1. The lowest BCUT2D eigenvalue weighted by Gasteiger charge is -2.50. The molecule has 1 aromatic heterocycles. The number of hydrogen-bond acceptors (Lipinski definition) is 3. The molecule has 2 heterocycles. The summed E-state index contributed by atoms with van der Waals surface area (Å²) in [6.07, 6.45) is 0.215. The summed E-state index contributed by atoms with van der Waals surface area (Å²) in [5, 5.41) is 3.35. The Morgan fingerprint density at radius 3 is 2.62 bits per heavy atom. The van der Waals surface area contributed by atoms with Gasteiger partial charge >= 0.3 is 6.18 Å². The van der Waals surface area contributed by atoms with Crippen LogP contribution >= 0.6 is 0 Å². The maximum absolute atomic E-state index is 12.6. The highest BCUT2D eigenvalue weighted by Crippen LogP contribution is 2.51. The Morgan fingerprint density at radius 1 is 1.24 bits per heavy atom. The van der Waals surface area contributed by atoms with Crippen LogP contribution in [-0.4, -0.2) is 24.7 Å². The average molecular weight is 300 g/mol. The van der Waals surface area contributed by atoms with Crippen molar-refractivity contribution in [2.45, 2.75) is 31.9 Å². The molecular formula is C15H19F3N2O. The standard InChI is InChI=1S/C15H19F3N2O/c16-15(17,18)12-2-1-3-13(20-12)21-10-11-8-14(9-11)4-6-19-7-5-14/h1-3,11,19H,4-10H2. The van der Waals surface area contributed by atoms with Gasteiger partial charge in [0.2, 0.25) is 5.88 Å². The van der Waals surface area contributed by atoms with E-state index in [2.05, 4.69) is 10.3 Å². The molecule has 2 aliphatic rings. The first-order valence-corrected chi connectivity index (χ1v) is 7.35. The molecule has 1 aromatic rings. The SMILES string of the molecule is FC(F)(F)c1cccc(OCC2CC3(CCNCC3)C2)n1. The molecule has 1 spiro atoms. The van der Waals surface area contributed by atoms with Crippen molar-refractivity contribution < 1.29 is 17.9 Å².